The zero-order chi connectivity index (χ0) is 26.5. The Hall–Kier alpha value is -4.34. The fourth-order valence-corrected chi connectivity index (χ4v) is 3.75. The molecule has 0 saturated carbocycles. The number of imide groups is 2. The van der Waals surface area contributed by atoms with Gasteiger partial charge in [0.05, 0.1) is 12.8 Å². The second-order valence-corrected chi connectivity index (χ2v) is 8.56. The molecule has 3 aromatic carbocycles. The topological polar surface area (TPSA) is 114 Å². The van der Waals surface area contributed by atoms with Crippen molar-refractivity contribution in [3.63, 3.8) is 0 Å². The average Bonchev–Trinajstić information content (AvgIpc) is 2.87. The van der Waals surface area contributed by atoms with E-state index < -0.39 is 23.8 Å². The van der Waals surface area contributed by atoms with E-state index in [1.807, 2.05) is 0 Å². The first kappa shape index (κ1) is 25.7. The third kappa shape index (κ3) is 6.08. The first-order chi connectivity index (χ1) is 17.7. The van der Waals surface area contributed by atoms with Crippen LogP contribution in [0.3, 0.4) is 0 Å². The molecule has 0 radical (unpaired) electrons. The summed E-state index contributed by atoms with van der Waals surface area (Å²) < 4.78 is 10.9. The van der Waals surface area contributed by atoms with Crippen molar-refractivity contribution < 1.29 is 28.7 Å². The van der Waals surface area contributed by atoms with E-state index >= 15 is 0 Å². The van der Waals surface area contributed by atoms with Gasteiger partial charge in [0.2, 0.25) is 0 Å². The van der Waals surface area contributed by atoms with Crippen LogP contribution in [0.15, 0.2) is 72.3 Å². The second-order valence-electron chi connectivity index (χ2n) is 7.69. The van der Waals surface area contributed by atoms with Crippen molar-refractivity contribution in [2.24, 2.45) is 0 Å². The van der Waals surface area contributed by atoms with Crippen LogP contribution in [0, 0.1) is 0 Å². The molecule has 0 unspecified atom stereocenters. The van der Waals surface area contributed by atoms with Gasteiger partial charge in [-0.05, 0) is 66.2 Å². The van der Waals surface area contributed by atoms with Crippen molar-refractivity contribution >= 4 is 64.4 Å². The standard InChI is InChI=1S/C26H19Cl2N3O6/c1-36-22-12-15(5-10-21(22)37-14-23(32)29-18-8-6-16(27)7-9-18)11-20-24(33)30-26(35)31(25(20)34)19-4-2-3-17(28)13-19/h2-13H,14H2,1H3,(H,29,32)(H,30,33,35)/b20-11+. The van der Waals surface area contributed by atoms with E-state index in [-0.39, 0.29) is 29.4 Å². The molecular weight excluding hydrogens is 521 g/mol. The molecule has 1 saturated heterocycles. The van der Waals surface area contributed by atoms with E-state index in [0.29, 0.717) is 21.3 Å². The van der Waals surface area contributed by atoms with Crippen molar-refractivity contribution in [1.29, 1.82) is 0 Å². The Morgan fingerprint density at radius 3 is 2.43 bits per heavy atom. The van der Waals surface area contributed by atoms with Crippen LogP contribution in [0.1, 0.15) is 5.56 Å². The number of methoxy groups -OCH3 is 1. The summed E-state index contributed by atoms with van der Waals surface area (Å²) in [5.41, 5.74) is 0.936. The molecule has 0 aromatic heterocycles. The van der Waals surface area contributed by atoms with Crippen LogP contribution in [-0.4, -0.2) is 37.5 Å². The van der Waals surface area contributed by atoms with Crippen LogP contribution in [0.25, 0.3) is 6.08 Å². The Morgan fingerprint density at radius 2 is 1.73 bits per heavy atom. The lowest BCUT2D eigenvalue weighted by atomic mass is 10.1. The molecule has 1 aliphatic rings. The number of hydrogen-bond acceptors (Lipinski definition) is 6. The van der Waals surface area contributed by atoms with Gasteiger partial charge in [-0.1, -0.05) is 35.3 Å². The van der Waals surface area contributed by atoms with Gasteiger partial charge < -0.3 is 14.8 Å². The van der Waals surface area contributed by atoms with Gasteiger partial charge in [0.15, 0.2) is 18.1 Å². The minimum Gasteiger partial charge on any atom is -0.493 e. The Kier molecular flexibility index (Phi) is 7.76. The van der Waals surface area contributed by atoms with Gasteiger partial charge in [-0.15, -0.1) is 0 Å². The molecular formula is C26H19Cl2N3O6. The van der Waals surface area contributed by atoms with Gasteiger partial charge in [0.1, 0.15) is 5.57 Å². The highest BCUT2D eigenvalue weighted by molar-refractivity contribution is 6.39. The molecule has 5 amide bonds. The molecule has 188 valence electrons. The molecule has 3 aromatic rings. The molecule has 37 heavy (non-hydrogen) atoms. The maximum atomic E-state index is 13.1. The summed E-state index contributed by atoms with van der Waals surface area (Å²) in [6.07, 6.45) is 1.32. The number of halogens is 2. The fourth-order valence-electron chi connectivity index (χ4n) is 3.44. The largest absolute Gasteiger partial charge is 0.493 e. The third-order valence-electron chi connectivity index (χ3n) is 5.15. The SMILES string of the molecule is COc1cc(/C=C2\C(=O)NC(=O)N(c3cccc(Cl)c3)C2=O)ccc1OCC(=O)Nc1ccc(Cl)cc1. The molecule has 4 rings (SSSR count). The second kappa shape index (κ2) is 11.2. The molecule has 9 nitrogen and oxygen atoms in total. The summed E-state index contributed by atoms with van der Waals surface area (Å²) in [6, 6.07) is 16.5. The number of nitrogens with zero attached hydrogens (tertiary/aromatic N) is 1. The van der Waals surface area contributed by atoms with Gasteiger partial charge in [-0.25, -0.2) is 9.69 Å². The normalized spacial score (nSPS) is 14.4. The van der Waals surface area contributed by atoms with Crippen molar-refractivity contribution in [2.75, 3.05) is 23.9 Å². The number of nitrogens with one attached hydrogen (secondary N) is 2. The number of rotatable bonds is 7. The molecule has 0 atom stereocenters. The molecule has 11 heteroatoms. The summed E-state index contributed by atoms with van der Waals surface area (Å²) in [4.78, 5) is 50.9. The number of carbonyl (C=O) groups is 4. The van der Waals surface area contributed by atoms with E-state index in [1.165, 1.54) is 37.5 Å². The Morgan fingerprint density at radius 1 is 0.973 bits per heavy atom. The van der Waals surface area contributed by atoms with Gasteiger partial charge in [-0.2, -0.15) is 0 Å². The predicted octanol–water partition coefficient (Wildman–Crippen LogP) is 4.69. The number of urea groups is 1. The lowest BCUT2D eigenvalue weighted by molar-refractivity contribution is -0.122. The van der Waals surface area contributed by atoms with Crippen LogP contribution in [0.5, 0.6) is 11.5 Å². The van der Waals surface area contributed by atoms with Crippen LogP contribution in [0.4, 0.5) is 16.2 Å². The molecule has 0 spiro atoms. The Labute approximate surface area is 221 Å². The first-order valence-corrected chi connectivity index (χ1v) is 11.5. The number of anilines is 2. The average molecular weight is 540 g/mol. The number of barbiturate groups is 1. The maximum absolute atomic E-state index is 13.1. The number of amides is 5. The highest BCUT2D eigenvalue weighted by atomic mass is 35.5. The zero-order valence-corrected chi connectivity index (χ0v) is 20.8. The monoisotopic (exact) mass is 539 g/mol. The fraction of sp³-hybridized carbons (Fsp3) is 0.0769. The van der Waals surface area contributed by atoms with Crippen LogP contribution in [0.2, 0.25) is 10.0 Å². The molecule has 1 heterocycles. The highest BCUT2D eigenvalue weighted by Gasteiger charge is 2.36. The minimum atomic E-state index is -0.882. The van der Waals surface area contributed by atoms with E-state index in [9.17, 15) is 19.2 Å². The lowest BCUT2D eigenvalue weighted by Gasteiger charge is -2.26. The summed E-state index contributed by atoms with van der Waals surface area (Å²) in [6.45, 7) is -0.295. The van der Waals surface area contributed by atoms with Crippen molar-refractivity contribution in [3.05, 3.63) is 87.9 Å². The molecule has 0 aliphatic carbocycles. The number of carbonyl (C=O) groups excluding carboxylic acids is 4. The molecule has 1 fully saturated rings. The highest BCUT2D eigenvalue weighted by Crippen LogP contribution is 2.30. The molecule has 0 bridgehead atoms. The minimum absolute atomic E-state index is 0.214. The van der Waals surface area contributed by atoms with Crippen molar-refractivity contribution in [3.8, 4) is 11.5 Å². The molecule has 1 aliphatic heterocycles. The van der Waals surface area contributed by atoms with E-state index in [4.69, 9.17) is 32.7 Å². The smallest absolute Gasteiger partial charge is 0.335 e. The summed E-state index contributed by atoms with van der Waals surface area (Å²) in [7, 11) is 1.41. The summed E-state index contributed by atoms with van der Waals surface area (Å²) in [5, 5.41) is 5.70. The zero-order valence-electron chi connectivity index (χ0n) is 19.3. The van der Waals surface area contributed by atoms with Gasteiger partial charge in [-0.3, -0.25) is 19.7 Å². The van der Waals surface area contributed by atoms with Crippen LogP contribution < -0.4 is 25.0 Å². The van der Waals surface area contributed by atoms with Crippen molar-refractivity contribution in [1.82, 2.24) is 5.32 Å². The van der Waals surface area contributed by atoms with Gasteiger partial charge >= 0.3 is 6.03 Å². The van der Waals surface area contributed by atoms with Crippen molar-refractivity contribution in [2.45, 2.75) is 0 Å². The van der Waals surface area contributed by atoms with E-state index in [2.05, 4.69) is 10.6 Å². The molecule has 2 N–H and O–H groups in total. The van der Waals surface area contributed by atoms with E-state index in [0.717, 1.165) is 4.90 Å². The number of benzene rings is 3. The predicted molar refractivity (Wildman–Crippen MR) is 139 cm³/mol. The quantitative estimate of drug-likeness (QED) is 0.332. The third-order valence-corrected chi connectivity index (χ3v) is 5.64. The number of hydrogen-bond donors (Lipinski definition) is 2. The summed E-state index contributed by atoms with van der Waals surface area (Å²) >= 11 is 11.8. The van der Waals surface area contributed by atoms with Gasteiger partial charge in [0, 0.05) is 15.7 Å². The lowest BCUT2D eigenvalue weighted by Crippen LogP contribution is -2.54. The van der Waals surface area contributed by atoms with Crippen LogP contribution in [-0.2, 0) is 14.4 Å². The number of ether oxygens (including phenoxy) is 2. The Bertz CT molecular complexity index is 1420. The summed E-state index contributed by atoms with van der Waals surface area (Å²) in [5.74, 6) is -1.52. The van der Waals surface area contributed by atoms with Gasteiger partial charge in [0.25, 0.3) is 17.7 Å². The Balaban J connectivity index is 1.51. The first-order valence-electron chi connectivity index (χ1n) is 10.8. The van der Waals surface area contributed by atoms with Crippen LogP contribution >= 0.6 is 23.2 Å². The maximum Gasteiger partial charge on any atom is 0.335 e. The van der Waals surface area contributed by atoms with E-state index in [1.54, 1.807) is 42.5 Å².